The number of aliphatic hydroxyl groups is 1. The van der Waals surface area contributed by atoms with Crippen molar-refractivity contribution in [1.82, 2.24) is 4.98 Å². The van der Waals surface area contributed by atoms with Gasteiger partial charge in [0, 0.05) is 30.1 Å². The van der Waals surface area contributed by atoms with Crippen LogP contribution in [-0.2, 0) is 16.6 Å². The Balaban J connectivity index is 1.47. The van der Waals surface area contributed by atoms with Crippen molar-refractivity contribution in [2.75, 3.05) is 0 Å². The van der Waals surface area contributed by atoms with Crippen LogP contribution in [0.1, 0.15) is 48.9 Å². The average Bonchev–Trinajstić information content (AvgIpc) is 2.77. The summed E-state index contributed by atoms with van der Waals surface area (Å²) in [7, 11) is 0. The smallest absolute Gasteiger partial charge is 0.138 e. The zero-order valence-corrected chi connectivity index (χ0v) is 17.6. The van der Waals surface area contributed by atoms with Crippen molar-refractivity contribution in [3.8, 4) is 11.1 Å². The zero-order chi connectivity index (χ0) is 21.0. The fourth-order valence-electron chi connectivity index (χ4n) is 4.72. The average molecular weight is 400 g/mol. The van der Waals surface area contributed by atoms with Gasteiger partial charge in [0.05, 0.1) is 6.10 Å². The first-order valence-corrected chi connectivity index (χ1v) is 10.8. The van der Waals surface area contributed by atoms with Gasteiger partial charge in [-0.25, -0.2) is 0 Å². The molecule has 0 radical (unpaired) electrons. The first-order valence-electron chi connectivity index (χ1n) is 10.8. The van der Waals surface area contributed by atoms with Crippen LogP contribution in [0.5, 0.6) is 0 Å². The third-order valence-corrected chi connectivity index (χ3v) is 6.42. The molecule has 0 spiro atoms. The Morgan fingerprint density at radius 2 is 1.70 bits per heavy atom. The number of aliphatic hydroxyl groups excluding tert-OH is 1. The molecule has 1 heterocycles. The van der Waals surface area contributed by atoms with Crippen molar-refractivity contribution < 1.29 is 9.90 Å². The number of aromatic nitrogens is 1. The second kappa shape index (κ2) is 8.93. The van der Waals surface area contributed by atoms with E-state index in [1.54, 1.807) is 0 Å². The monoisotopic (exact) mass is 399 g/mol. The third kappa shape index (κ3) is 4.68. The van der Waals surface area contributed by atoms with Gasteiger partial charge in [0.2, 0.25) is 0 Å². The molecule has 3 heteroatoms. The Kier molecular flexibility index (Phi) is 6.10. The number of aryl methyl sites for hydroxylation is 1. The Labute approximate surface area is 178 Å². The predicted octanol–water partition coefficient (Wildman–Crippen LogP) is 5.43. The van der Waals surface area contributed by atoms with Crippen molar-refractivity contribution >= 4 is 5.78 Å². The standard InChI is InChI=1S/C27H29NO2/c1-20-17-23(13-16-28-20)22-9-7-21(8-10-22)18-26(30)19-27(14-11-25(29)12-15-27)24-5-3-2-4-6-24/h2-10,13,16-17,25,29H,11-12,14-15,18-19H2,1H3. The molecular weight excluding hydrogens is 370 g/mol. The van der Waals surface area contributed by atoms with Crippen LogP contribution in [0.3, 0.4) is 0 Å². The van der Waals surface area contributed by atoms with Gasteiger partial charge in [-0.2, -0.15) is 0 Å². The van der Waals surface area contributed by atoms with Crippen LogP contribution in [0.15, 0.2) is 72.9 Å². The minimum absolute atomic E-state index is 0.147. The fourth-order valence-corrected chi connectivity index (χ4v) is 4.72. The molecular formula is C27H29NO2. The van der Waals surface area contributed by atoms with Gasteiger partial charge in [0.15, 0.2) is 0 Å². The summed E-state index contributed by atoms with van der Waals surface area (Å²) >= 11 is 0. The topological polar surface area (TPSA) is 50.2 Å². The van der Waals surface area contributed by atoms with Crippen LogP contribution < -0.4 is 0 Å². The van der Waals surface area contributed by atoms with Gasteiger partial charge in [-0.05, 0) is 67.0 Å². The van der Waals surface area contributed by atoms with E-state index in [9.17, 15) is 9.90 Å². The maximum atomic E-state index is 13.1. The summed E-state index contributed by atoms with van der Waals surface area (Å²) in [6, 6.07) is 22.7. The normalized spacial score (nSPS) is 21.3. The maximum Gasteiger partial charge on any atom is 0.138 e. The summed E-state index contributed by atoms with van der Waals surface area (Å²) in [6.45, 7) is 1.99. The lowest BCUT2D eigenvalue weighted by Gasteiger charge is -2.39. The summed E-state index contributed by atoms with van der Waals surface area (Å²) < 4.78 is 0. The molecule has 1 aliphatic rings. The van der Waals surface area contributed by atoms with Crippen LogP contribution in [0, 0.1) is 6.92 Å². The highest BCUT2D eigenvalue weighted by atomic mass is 16.3. The van der Waals surface area contributed by atoms with Crippen molar-refractivity contribution in [3.05, 3.63) is 89.7 Å². The van der Waals surface area contributed by atoms with Gasteiger partial charge in [0.25, 0.3) is 0 Å². The first-order chi connectivity index (χ1) is 14.5. The number of ketones is 1. The summed E-state index contributed by atoms with van der Waals surface area (Å²) in [5, 5.41) is 10.0. The van der Waals surface area contributed by atoms with Crippen LogP contribution >= 0.6 is 0 Å². The van der Waals surface area contributed by atoms with Gasteiger partial charge >= 0.3 is 0 Å². The highest BCUT2D eigenvalue weighted by Crippen LogP contribution is 2.42. The molecule has 2 aromatic carbocycles. The number of carbonyl (C=O) groups is 1. The van der Waals surface area contributed by atoms with Gasteiger partial charge in [0.1, 0.15) is 5.78 Å². The van der Waals surface area contributed by atoms with Crippen LogP contribution in [0.2, 0.25) is 0 Å². The first kappa shape index (κ1) is 20.5. The number of pyridine rings is 1. The summed E-state index contributed by atoms with van der Waals surface area (Å²) in [6.07, 6.45) is 5.84. The van der Waals surface area contributed by atoms with E-state index in [4.69, 9.17) is 0 Å². The van der Waals surface area contributed by atoms with Crippen LogP contribution in [0.4, 0.5) is 0 Å². The number of benzene rings is 2. The molecule has 0 unspecified atom stereocenters. The van der Waals surface area contributed by atoms with Crippen molar-refractivity contribution in [2.24, 2.45) is 0 Å². The van der Waals surface area contributed by atoms with Gasteiger partial charge in [-0.3, -0.25) is 9.78 Å². The minimum atomic E-state index is -0.235. The lowest BCUT2D eigenvalue weighted by Crippen LogP contribution is -2.36. The van der Waals surface area contributed by atoms with E-state index in [0.717, 1.165) is 48.1 Å². The van der Waals surface area contributed by atoms with Crippen molar-refractivity contribution in [3.63, 3.8) is 0 Å². The van der Waals surface area contributed by atoms with Gasteiger partial charge in [-0.15, -0.1) is 0 Å². The number of carbonyl (C=O) groups excluding carboxylic acids is 1. The highest BCUT2D eigenvalue weighted by molar-refractivity contribution is 5.82. The summed E-state index contributed by atoms with van der Waals surface area (Å²) in [4.78, 5) is 17.3. The molecule has 1 saturated carbocycles. The molecule has 30 heavy (non-hydrogen) atoms. The molecule has 1 aromatic heterocycles. The predicted molar refractivity (Wildman–Crippen MR) is 120 cm³/mol. The van der Waals surface area contributed by atoms with E-state index in [-0.39, 0.29) is 17.3 Å². The quantitative estimate of drug-likeness (QED) is 0.601. The van der Waals surface area contributed by atoms with E-state index in [1.165, 1.54) is 5.56 Å². The second-order valence-electron chi connectivity index (χ2n) is 8.65. The summed E-state index contributed by atoms with van der Waals surface area (Å²) in [5.74, 6) is 0.266. The van der Waals surface area contributed by atoms with Crippen molar-refractivity contribution in [1.29, 1.82) is 0 Å². The highest BCUT2D eigenvalue weighted by Gasteiger charge is 2.37. The minimum Gasteiger partial charge on any atom is -0.393 e. The molecule has 0 bridgehead atoms. The number of nitrogens with zero attached hydrogens (tertiary/aromatic N) is 1. The number of rotatable bonds is 6. The molecule has 0 aliphatic heterocycles. The van der Waals surface area contributed by atoms with Crippen molar-refractivity contribution in [2.45, 2.75) is 57.0 Å². The van der Waals surface area contributed by atoms with Crippen LogP contribution in [-0.4, -0.2) is 22.0 Å². The largest absolute Gasteiger partial charge is 0.393 e. The molecule has 3 aromatic rings. The molecule has 0 amide bonds. The maximum absolute atomic E-state index is 13.1. The van der Waals surface area contributed by atoms with E-state index >= 15 is 0 Å². The molecule has 0 atom stereocenters. The lowest BCUT2D eigenvalue weighted by molar-refractivity contribution is -0.120. The molecule has 1 fully saturated rings. The Bertz CT molecular complexity index is 987. The Morgan fingerprint density at radius 1 is 1.00 bits per heavy atom. The van der Waals surface area contributed by atoms with E-state index in [2.05, 4.69) is 47.4 Å². The lowest BCUT2D eigenvalue weighted by atomic mass is 9.66. The second-order valence-corrected chi connectivity index (χ2v) is 8.65. The van der Waals surface area contributed by atoms with Gasteiger partial charge in [-0.1, -0.05) is 54.6 Å². The Morgan fingerprint density at radius 3 is 2.37 bits per heavy atom. The zero-order valence-electron chi connectivity index (χ0n) is 17.6. The third-order valence-electron chi connectivity index (χ3n) is 6.42. The fraction of sp³-hybridized carbons (Fsp3) is 0.333. The van der Waals surface area contributed by atoms with E-state index < -0.39 is 0 Å². The molecule has 0 saturated heterocycles. The number of hydrogen-bond donors (Lipinski definition) is 1. The number of hydrogen-bond acceptors (Lipinski definition) is 3. The van der Waals surface area contributed by atoms with E-state index in [0.29, 0.717) is 12.8 Å². The molecule has 154 valence electrons. The number of Topliss-reactive ketones (excluding diaryl/α,β-unsaturated/α-hetero) is 1. The van der Waals surface area contributed by atoms with Crippen LogP contribution in [0.25, 0.3) is 11.1 Å². The molecule has 1 aliphatic carbocycles. The van der Waals surface area contributed by atoms with E-state index in [1.807, 2.05) is 37.4 Å². The summed E-state index contributed by atoms with van der Waals surface area (Å²) in [5.41, 5.74) is 5.41. The molecule has 4 rings (SSSR count). The molecule has 3 nitrogen and oxygen atoms in total. The molecule has 1 N–H and O–H groups in total. The SMILES string of the molecule is Cc1cc(-c2ccc(CC(=O)CC3(c4ccccc4)CCC(O)CC3)cc2)ccn1. The Hall–Kier alpha value is -2.78. The van der Waals surface area contributed by atoms with Gasteiger partial charge < -0.3 is 5.11 Å².